The molecule has 0 amide bonds. The first-order valence-electron chi connectivity index (χ1n) is 9.48. The van der Waals surface area contributed by atoms with Crippen LogP contribution in [0.1, 0.15) is 64.2 Å². The molecule has 0 bridgehead atoms. The lowest BCUT2D eigenvalue weighted by atomic mass is 9.89. The van der Waals surface area contributed by atoms with Crippen LogP contribution in [0.25, 0.3) is 0 Å². The summed E-state index contributed by atoms with van der Waals surface area (Å²) in [4.78, 5) is 0. The Balaban J connectivity index is 1.44. The third-order valence-corrected chi connectivity index (χ3v) is 5.93. The molecular weight excluding hydrogens is 260 g/mol. The average Bonchev–Trinajstić information content (AvgIpc) is 2.95. The van der Waals surface area contributed by atoms with Crippen LogP contribution in [0, 0.1) is 11.8 Å². The average molecular weight is 294 g/mol. The highest BCUT2D eigenvalue weighted by Gasteiger charge is 2.34. The summed E-state index contributed by atoms with van der Waals surface area (Å²) < 4.78 is 5.68. The van der Waals surface area contributed by atoms with E-state index in [2.05, 4.69) is 10.6 Å². The molecular formula is C18H34N2O. The van der Waals surface area contributed by atoms with Crippen molar-refractivity contribution in [1.29, 1.82) is 0 Å². The zero-order valence-electron chi connectivity index (χ0n) is 13.6. The molecule has 2 N–H and O–H groups in total. The maximum absolute atomic E-state index is 5.68. The molecule has 0 radical (unpaired) electrons. The molecule has 3 rings (SSSR count). The first-order valence-corrected chi connectivity index (χ1v) is 9.48. The molecule has 2 saturated carbocycles. The summed E-state index contributed by atoms with van der Waals surface area (Å²) in [6.07, 6.45) is 14.4. The van der Waals surface area contributed by atoms with Crippen LogP contribution in [0.2, 0.25) is 0 Å². The second-order valence-corrected chi connectivity index (χ2v) is 7.46. The van der Waals surface area contributed by atoms with Crippen molar-refractivity contribution in [3.8, 4) is 0 Å². The Hall–Kier alpha value is -0.120. The van der Waals surface area contributed by atoms with E-state index in [1.54, 1.807) is 0 Å². The third-order valence-electron chi connectivity index (χ3n) is 5.93. The van der Waals surface area contributed by atoms with E-state index in [1.807, 2.05) is 0 Å². The van der Waals surface area contributed by atoms with Crippen molar-refractivity contribution < 1.29 is 4.74 Å². The molecule has 3 aliphatic rings. The fraction of sp³-hybridized carbons (Fsp3) is 1.00. The SMILES string of the molecule is C1CCCC(CNC2CCCC2C2COCCN2)CCC1. The van der Waals surface area contributed by atoms with E-state index in [4.69, 9.17) is 4.74 Å². The van der Waals surface area contributed by atoms with Gasteiger partial charge in [-0.1, -0.05) is 38.5 Å². The molecule has 3 heteroatoms. The van der Waals surface area contributed by atoms with Gasteiger partial charge < -0.3 is 15.4 Å². The third kappa shape index (κ3) is 4.67. The zero-order valence-corrected chi connectivity index (χ0v) is 13.6. The Morgan fingerprint density at radius 3 is 2.48 bits per heavy atom. The highest BCUT2D eigenvalue weighted by atomic mass is 16.5. The minimum Gasteiger partial charge on any atom is -0.379 e. The van der Waals surface area contributed by atoms with Crippen molar-refractivity contribution in [2.75, 3.05) is 26.3 Å². The molecule has 3 unspecified atom stereocenters. The molecule has 0 aromatic heterocycles. The second-order valence-electron chi connectivity index (χ2n) is 7.46. The van der Waals surface area contributed by atoms with Crippen LogP contribution in [-0.4, -0.2) is 38.4 Å². The second kappa shape index (κ2) is 8.50. The van der Waals surface area contributed by atoms with Crippen LogP contribution in [0.5, 0.6) is 0 Å². The van der Waals surface area contributed by atoms with E-state index in [0.29, 0.717) is 6.04 Å². The summed E-state index contributed by atoms with van der Waals surface area (Å²) in [5.74, 6) is 1.72. The first kappa shape index (κ1) is 15.8. The standard InChI is InChI=1S/C18H34N2O/c1-2-4-7-15(8-5-3-1)13-20-17-10-6-9-16(17)18-14-21-12-11-19-18/h15-20H,1-14H2. The van der Waals surface area contributed by atoms with Gasteiger partial charge in [0.1, 0.15) is 0 Å². The Morgan fingerprint density at radius 1 is 0.905 bits per heavy atom. The van der Waals surface area contributed by atoms with E-state index >= 15 is 0 Å². The molecule has 3 atom stereocenters. The van der Waals surface area contributed by atoms with Gasteiger partial charge in [0.15, 0.2) is 0 Å². The Bertz CT molecular complexity index is 283. The molecule has 3 fully saturated rings. The van der Waals surface area contributed by atoms with E-state index < -0.39 is 0 Å². The van der Waals surface area contributed by atoms with Crippen LogP contribution in [-0.2, 0) is 4.74 Å². The fourth-order valence-corrected chi connectivity index (χ4v) is 4.65. The van der Waals surface area contributed by atoms with Crippen molar-refractivity contribution in [2.24, 2.45) is 11.8 Å². The van der Waals surface area contributed by atoms with Gasteiger partial charge >= 0.3 is 0 Å². The minimum atomic E-state index is 0.594. The summed E-state index contributed by atoms with van der Waals surface area (Å²) in [7, 11) is 0. The summed E-state index contributed by atoms with van der Waals surface area (Å²) in [5, 5.41) is 7.63. The van der Waals surface area contributed by atoms with Gasteiger partial charge in [-0.3, -0.25) is 0 Å². The number of ether oxygens (including phenoxy) is 1. The number of hydrogen-bond acceptors (Lipinski definition) is 3. The Morgan fingerprint density at radius 2 is 1.71 bits per heavy atom. The summed E-state index contributed by atoms with van der Waals surface area (Å²) in [5.41, 5.74) is 0. The molecule has 122 valence electrons. The number of morpholine rings is 1. The van der Waals surface area contributed by atoms with Gasteiger partial charge in [0, 0.05) is 18.6 Å². The molecule has 1 heterocycles. The Labute approximate surface area is 130 Å². The molecule has 1 saturated heterocycles. The predicted molar refractivity (Wildman–Crippen MR) is 87.6 cm³/mol. The molecule has 2 aliphatic carbocycles. The normalized spacial score (nSPS) is 36.3. The molecule has 0 aromatic rings. The lowest BCUT2D eigenvalue weighted by molar-refractivity contribution is 0.0521. The zero-order chi connectivity index (χ0) is 14.3. The van der Waals surface area contributed by atoms with E-state index in [1.165, 1.54) is 70.8 Å². The molecule has 21 heavy (non-hydrogen) atoms. The first-order chi connectivity index (χ1) is 10.4. The number of hydrogen-bond donors (Lipinski definition) is 2. The largest absolute Gasteiger partial charge is 0.379 e. The summed E-state index contributed by atoms with van der Waals surface area (Å²) in [6.45, 7) is 4.11. The highest BCUT2D eigenvalue weighted by molar-refractivity contribution is 4.92. The lowest BCUT2D eigenvalue weighted by Gasteiger charge is -2.33. The summed E-state index contributed by atoms with van der Waals surface area (Å²) >= 11 is 0. The van der Waals surface area contributed by atoms with Crippen molar-refractivity contribution >= 4 is 0 Å². The van der Waals surface area contributed by atoms with Crippen LogP contribution in [0.3, 0.4) is 0 Å². The van der Waals surface area contributed by atoms with Crippen molar-refractivity contribution in [2.45, 2.75) is 76.3 Å². The summed E-state index contributed by atoms with van der Waals surface area (Å²) in [6, 6.07) is 1.32. The van der Waals surface area contributed by atoms with Gasteiger partial charge in [0.05, 0.1) is 13.2 Å². The van der Waals surface area contributed by atoms with Gasteiger partial charge in [-0.25, -0.2) is 0 Å². The maximum Gasteiger partial charge on any atom is 0.0623 e. The van der Waals surface area contributed by atoms with E-state index in [-0.39, 0.29) is 0 Å². The quantitative estimate of drug-likeness (QED) is 0.836. The molecule has 3 nitrogen and oxygen atoms in total. The lowest BCUT2D eigenvalue weighted by Crippen LogP contribution is -2.51. The van der Waals surface area contributed by atoms with Crippen molar-refractivity contribution in [3.63, 3.8) is 0 Å². The van der Waals surface area contributed by atoms with Crippen LogP contribution >= 0.6 is 0 Å². The number of rotatable bonds is 4. The van der Waals surface area contributed by atoms with Crippen molar-refractivity contribution in [3.05, 3.63) is 0 Å². The van der Waals surface area contributed by atoms with Crippen LogP contribution in [0.4, 0.5) is 0 Å². The van der Waals surface area contributed by atoms with Crippen LogP contribution in [0.15, 0.2) is 0 Å². The van der Waals surface area contributed by atoms with Gasteiger partial charge in [-0.2, -0.15) is 0 Å². The monoisotopic (exact) mass is 294 g/mol. The smallest absolute Gasteiger partial charge is 0.0623 e. The highest BCUT2D eigenvalue weighted by Crippen LogP contribution is 2.30. The molecule has 1 aliphatic heterocycles. The molecule has 0 aromatic carbocycles. The topological polar surface area (TPSA) is 33.3 Å². The van der Waals surface area contributed by atoms with E-state index in [0.717, 1.165) is 37.6 Å². The van der Waals surface area contributed by atoms with Gasteiger partial charge in [-0.05, 0) is 44.1 Å². The fourth-order valence-electron chi connectivity index (χ4n) is 4.65. The minimum absolute atomic E-state index is 0.594. The van der Waals surface area contributed by atoms with Gasteiger partial charge in [0.25, 0.3) is 0 Å². The van der Waals surface area contributed by atoms with E-state index in [9.17, 15) is 0 Å². The van der Waals surface area contributed by atoms with Gasteiger partial charge in [-0.15, -0.1) is 0 Å². The van der Waals surface area contributed by atoms with Crippen LogP contribution < -0.4 is 10.6 Å². The number of nitrogens with one attached hydrogen (secondary N) is 2. The molecule has 0 spiro atoms. The van der Waals surface area contributed by atoms with Crippen molar-refractivity contribution in [1.82, 2.24) is 10.6 Å². The Kier molecular flexibility index (Phi) is 6.38. The maximum atomic E-state index is 5.68. The predicted octanol–water partition coefficient (Wildman–Crippen LogP) is 3.09. The van der Waals surface area contributed by atoms with Gasteiger partial charge in [0.2, 0.25) is 0 Å².